The van der Waals surface area contributed by atoms with Gasteiger partial charge in [0.2, 0.25) is 0 Å². The summed E-state index contributed by atoms with van der Waals surface area (Å²) < 4.78 is 10.4. The third-order valence-corrected chi connectivity index (χ3v) is 3.56. The van der Waals surface area contributed by atoms with E-state index in [1.54, 1.807) is 18.4 Å². The molecule has 1 saturated carbocycles. The lowest BCUT2D eigenvalue weighted by Crippen LogP contribution is -2.37. The Morgan fingerprint density at radius 3 is 2.95 bits per heavy atom. The molecule has 0 radical (unpaired) electrons. The molecular formula is C14H17N3O3. The molecule has 0 aliphatic heterocycles. The molecule has 106 valence electrons. The van der Waals surface area contributed by atoms with Crippen LogP contribution in [0.2, 0.25) is 0 Å². The van der Waals surface area contributed by atoms with Crippen LogP contribution in [-0.4, -0.2) is 17.2 Å². The number of nitrogens with one attached hydrogen (secondary N) is 2. The molecular weight excluding hydrogens is 258 g/mol. The summed E-state index contributed by atoms with van der Waals surface area (Å²) >= 11 is 0. The molecule has 0 bridgehead atoms. The van der Waals surface area contributed by atoms with Crippen LogP contribution in [0.5, 0.6) is 0 Å². The summed E-state index contributed by atoms with van der Waals surface area (Å²) in [6.07, 6.45) is 3.97. The second kappa shape index (κ2) is 5.03. The molecule has 2 heterocycles. The number of amides is 2. The fraction of sp³-hybridized carbons (Fsp3) is 0.429. The van der Waals surface area contributed by atoms with E-state index in [0.717, 1.165) is 11.3 Å². The summed E-state index contributed by atoms with van der Waals surface area (Å²) in [5.74, 6) is 2.32. The average molecular weight is 275 g/mol. The van der Waals surface area contributed by atoms with Gasteiger partial charge < -0.3 is 14.3 Å². The largest absolute Gasteiger partial charge is 0.469 e. The third kappa shape index (κ3) is 2.68. The van der Waals surface area contributed by atoms with Crippen LogP contribution in [0, 0.1) is 12.8 Å². The molecule has 2 N–H and O–H groups in total. The molecule has 1 aliphatic carbocycles. The van der Waals surface area contributed by atoms with Gasteiger partial charge in [0.05, 0.1) is 11.8 Å². The fourth-order valence-corrected chi connectivity index (χ4v) is 2.17. The number of hydrogen-bond donors (Lipinski definition) is 2. The van der Waals surface area contributed by atoms with Gasteiger partial charge in [0.25, 0.3) is 0 Å². The first-order chi connectivity index (χ1) is 9.63. The summed E-state index contributed by atoms with van der Waals surface area (Å²) in [6, 6.07) is 3.42. The van der Waals surface area contributed by atoms with Gasteiger partial charge in [0.15, 0.2) is 11.6 Å². The Balaban J connectivity index is 1.62. The standard InChI is InChI=1S/C14H17N3O3/c1-8(10-3-4-10)15-14(18)16-13-7-12(20-17-13)11-5-6-19-9(11)2/h5-8,10H,3-4H2,1-2H3,(H2,15,16,17,18)/t8-/m1/s1. The zero-order chi connectivity index (χ0) is 14.1. The minimum absolute atomic E-state index is 0.192. The van der Waals surface area contributed by atoms with Crippen molar-refractivity contribution in [2.75, 3.05) is 5.32 Å². The quantitative estimate of drug-likeness (QED) is 0.898. The Bertz CT molecular complexity index is 613. The maximum Gasteiger partial charge on any atom is 0.320 e. The molecule has 6 heteroatoms. The molecule has 1 fully saturated rings. The van der Waals surface area contributed by atoms with Gasteiger partial charge in [-0.05, 0) is 38.7 Å². The summed E-state index contributed by atoms with van der Waals surface area (Å²) in [7, 11) is 0. The van der Waals surface area contributed by atoms with Crippen molar-refractivity contribution in [3.05, 3.63) is 24.2 Å². The zero-order valence-corrected chi connectivity index (χ0v) is 11.5. The van der Waals surface area contributed by atoms with E-state index >= 15 is 0 Å². The van der Waals surface area contributed by atoms with Crippen LogP contribution in [0.3, 0.4) is 0 Å². The van der Waals surface area contributed by atoms with E-state index in [1.807, 2.05) is 13.8 Å². The molecule has 0 saturated heterocycles. The van der Waals surface area contributed by atoms with Crippen LogP contribution in [0.15, 0.2) is 27.3 Å². The lowest BCUT2D eigenvalue weighted by atomic mass is 10.2. The Kier molecular flexibility index (Phi) is 3.22. The number of carbonyl (C=O) groups is 1. The van der Waals surface area contributed by atoms with Gasteiger partial charge >= 0.3 is 6.03 Å². The van der Waals surface area contributed by atoms with Crippen molar-refractivity contribution in [3.63, 3.8) is 0 Å². The van der Waals surface area contributed by atoms with Crippen LogP contribution in [0.1, 0.15) is 25.5 Å². The monoisotopic (exact) mass is 275 g/mol. The van der Waals surface area contributed by atoms with E-state index in [4.69, 9.17) is 8.94 Å². The Morgan fingerprint density at radius 2 is 2.30 bits per heavy atom. The van der Waals surface area contributed by atoms with Crippen molar-refractivity contribution in [2.45, 2.75) is 32.7 Å². The topological polar surface area (TPSA) is 80.3 Å². The van der Waals surface area contributed by atoms with Crippen molar-refractivity contribution in [1.82, 2.24) is 10.5 Å². The van der Waals surface area contributed by atoms with E-state index < -0.39 is 0 Å². The Labute approximate surface area is 116 Å². The summed E-state index contributed by atoms with van der Waals surface area (Å²) in [5.41, 5.74) is 0.831. The van der Waals surface area contributed by atoms with E-state index in [-0.39, 0.29) is 12.1 Å². The van der Waals surface area contributed by atoms with Gasteiger partial charge in [-0.3, -0.25) is 5.32 Å². The van der Waals surface area contributed by atoms with Crippen LogP contribution < -0.4 is 10.6 Å². The SMILES string of the molecule is Cc1occc1-c1cc(NC(=O)N[C@H](C)C2CC2)no1. The third-order valence-electron chi connectivity index (χ3n) is 3.56. The minimum atomic E-state index is -0.256. The number of aromatic nitrogens is 1. The summed E-state index contributed by atoms with van der Waals surface area (Å²) in [5, 5.41) is 9.40. The van der Waals surface area contributed by atoms with Crippen molar-refractivity contribution >= 4 is 11.8 Å². The first-order valence-electron chi connectivity index (χ1n) is 6.72. The van der Waals surface area contributed by atoms with Crippen LogP contribution in [-0.2, 0) is 0 Å². The fourth-order valence-electron chi connectivity index (χ4n) is 2.17. The first-order valence-corrected chi connectivity index (χ1v) is 6.72. The van der Waals surface area contributed by atoms with E-state index in [9.17, 15) is 4.79 Å². The highest BCUT2D eigenvalue weighted by atomic mass is 16.5. The van der Waals surface area contributed by atoms with Gasteiger partial charge in [0, 0.05) is 12.1 Å². The Morgan fingerprint density at radius 1 is 1.50 bits per heavy atom. The number of carbonyl (C=O) groups excluding carboxylic acids is 1. The molecule has 3 rings (SSSR count). The van der Waals surface area contributed by atoms with Crippen LogP contribution in [0.4, 0.5) is 10.6 Å². The first kappa shape index (κ1) is 12.8. The summed E-state index contributed by atoms with van der Waals surface area (Å²) in [4.78, 5) is 11.8. The van der Waals surface area contributed by atoms with E-state index in [0.29, 0.717) is 17.5 Å². The molecule has 1 aliphatic rings. The van der Waals surface area contributed by atoms with Gasteiger partial charge in [-0.15, -0.1) is 0 Å². The second-order valence-electron chi connectivity index (χ2n) is 5.19. The number of furan rings is 1. The van der Waals surface area contributed by atoms with Gasteiger partial charge in [-0.2, -0.15) is 0 Å². The summed E-state index contributed by atoms with van der Waals surface area (Å²) in [6.45, 7) is 3.86. The molecule has 2 aromatic heterocycles. The highest BCUT2D eigenvalue weighted by Gasteiger charge is 2.29. The normalized spacial score (nSPS) is 15.9. The Hall–Kier alpha value is -2.24. The number of nitrogens with zero attached hydrogens (tertiary/aromatic N) is 1. The predicted octanol–water partition coefficient (Wildman–Crippen LogP) is 3.16. The lowest BCUT2D eigenvalue weighted by molar-refractivity contribution is 0.247. The number of anilines is 1. The number of hydrogen-bond acceptors (Lipinski definition) is 4. The maximum atomic E-state index is 11.8. The number of aryl methyl sites for hydroxylation is 1. The van der Waals surface area contributed by atoms with Crippen molar-refractivity contribution < 1.29 is 13.7 Å². The van der Waals surface area contributed by atoms with Crippen LogP contribution in [0.25, 0.3) is 11.3 Å². The minimum Gasteiger partial charge on any atom is -0.469 e. The van der Waals surface area contributed by atoms with E-state index in [2.05, 4.69) is 15.8 Å². The molecule has 0 spiro atoms. The second-order valence-corrected chi connectivity index (χ2v) is 5.19. The molecule has 20 heavy (non-hydrogen) atoms. The number of rotatable bonds is 4. The van der Waals surface area contributed by atoms with Gasteiger partial charge in [0.1, 0.15) is 5.76 Å². The highest BCUT2D eigenvalue weighted by Crippen LogP contribution is 2.32. The van der Waals surface area contributed by atoms with Crippen molar-refractivity contribution in [3.8, 4) is 11.3 Å². The van der Waals surface area contributed by atoms with Gasteiger partial charge in [-0.25, -0.2) is 4.79 Å². The number of urea groups is 1. The smallest absolute Gasteiger partial charge is 0.320 e. The van der Waals surface area contributed by atoms with Gasteiger partial charge in [-0.1, -0.05) is 5.16 Å². The maximum absolute atomic E-state index is 11.8. The molecule has 0 unspecified atom stereocenters. The zero-order valence-electron chi connectivity index (χ0n) is 11.5. The molecule has 6 nitrogen and oxygen atoms in total. The van der Waals surface area contributed by atoms with Crippen LogP contribution >= 0.6 is 0 Å². The molecule has 2 aromatic rings. The van der Waals surface area contributed by atoms with Crippen molar-refractivity contribution in [2.24, 2.45) is 5.92 Å². The highest BCUT2D eigenvalue weighted by molar-refractivity contribution is 5.88. The molecule has 1 atom stereocenters. The average Bonchev–Trinajstić information content (AvgIpc) is 3.03. The van der Waals surface area contributed by atoms with E-state index in [1.165, 1.54) is 12.8 Å². The van der Waals surface area contributed by atoms with Crippen molar-refractivity contribution in [1.29, 1.82) is 0 Å². The molecule has 0 aromatic carbocycles. The predicted molar refractivity (Wildman–Crippen MR) is 73.3 cm³/mol. The molecule has 2 amide bonds. The lowest BCUT2D eigenvalue weighted by Gasteiger charge is -2.12.